The van der Waals surface area contributed by atoms with Crippen LogP contribution < -0.4 is 0 Å². The lowest BCUT2D eigenvalue weighted by Gasteiger charge is -2.42. The molecular weight excluding hydrogens is 188 g/mol. The number of aliphatic hydroxyl groups excluding tert-OH is 1. The summed E-state index contributed by atoms with van der Waals surface area (Å²) in [5, 5.41) is 29.3. The van der Waals surface area contributed by atoms with Crippen molar-refractivity contribution in [1.82, 2.24) is 0 Å². The van der Waals surface area contributed by atoms with E-state index in [0.717, 1.165) is 0 Å². The molecule has 0 heterocycles. The molecule has 0 radical (unpaired) electrons. The molecule has 0 aliphatic heterocycles. The van der Waals surface area contributed by atoms with Gasteiger partial charge in [0.05, 0.1) is 0 Å². The first-order chi connectivity index (χ1) is 6.38. The van der Waals surface area contributed by atoms with Crippen molar-refractivity contribution < 1.29 is 24.8 Å². The normalized spacial score (nSPS) is 43.6. The number of hydrogen-bond donors (Lipinski definition) is 3. The smallest absolute Gasteiger partial charge is 0.217 e. The molecule has 3 atom stereocenters. The Morgan fingerprint density at radius 1 is 1.36 bits per heavy atom. The fourth-order valence-electron chi connectivity index (χ4n) is 1.66. The standard InChI is InChI=1S/C9H16O5/c1-6-4-8(11,13-2)7(10)9(12,5-6)14-3/h4,7,10-12H,5H2,1-3H3. The molecule has 3 unspecified atom stereocenters. The predicted molar refractivity (Wildman–Crippen MR) is 48.3 cm³/mol. The summed E-state index contributed by atoms with van der Waals surface area (Å²) in [6.07, 6.45) is -0.0321. The molecule has 0 saturated heterocycles. The van der Waals surface area contributed by atoms with Crippen molar-refractivity contribution in [1.29, 1.82) is 0 Å². The van der Waals surface area contributed by atoms with Crippen LogP contribution in [0.1, 0.15) is 13.3 Å². The minimum absolute atomic E-state index is 0.135. The first kappa shape index (κ1) is 11.6. The van der Waals surface area contributed by atoms with Crippen molar-refractivity contribution >= 4 is 0 Å². The predicted octanol–water partition coefficient (Wildman–Crippen LogP) is -0.633. The van der Waals surface area contributed by atoms with Gasteiger partial charge in [0.2, 0.25) is 11.6 Å². The van der Waals surface area contributed by atoms with Gasteiger partial charge in [-0.3, -0.25) is 0 Å². The second-order valence-electron chi connectivity index (χ2n) is 3.57. The summed E-state index contributed by atoms with van der Waals surface area (Å²) in [6, 6.07) is 0. The molecule has 14 heavy (non-hydrogen) atoms. The Kier molecular flexibility index (Phi) is 2.99. The number of methoxy groups -OCH3 is 2. The van der Waals surface area contributed by atoms with Crippen LogP contribution in [0.15, 0.2) is 11.6 Å². The fourth-order valence-corrected chi connectivity index (χ4v) is 1.66. The van der Waals surface area contributed by atoms with Gasteiger partial charge in [0.15, 0.2) is 6.10 Å². The van der Waals surface area contributed by atoms with Crippen LogP contribution in [0.2, 0.25) is 0 Å². The van der Waals surface area contributed by atoms with Crippen molar-refractivity contribution in [2.45, 2.75) is 31.0 Å². The topological polar surface area (TPSA) is 79.2 Å². The minimum atomic E-state index is -1.90. The Hall–Kier alpha value is -0.460. The van der Waals surface area contributed by atoms with Gasteiger partial charge in [-0.25, -0.2) is 0 Å². The quantitative estimate of drug-likeness (QED) is 0.412. The second kappa shape index (κ2) is 3.60. The second-order valence-corrected chi connectivity index (χ2v) is 3.57. The Labute approximate surface area is 82.6 Å². The molecular formula is C9H16O5. The molecule has 5 nitrogen and oxygen atoms in total. The van der Waals surface area contributed by atoms with Gasteiger partial charge in [0.1, 0.15) is 0 Å². The molecule has 0 fully saturated rings. The average Bonchev–Trinajstić information content (AvgIpc) is 2.14. The highest BCUT2D eigenvalue weighted by Crippen LogP contribution is 2.35. The van der Waals surface area contributed by atoms with E-state index in [0.29, 0.717) is 5.57 Å². The van der Waals surface area contributed by atoms with E-state index in [4.69, 9.17) is 9.47 Å². The zero-order chi connectivity index (χ0) is 11.0. The van der Waals surface area contributed by atoms with Gasteiger partial charge in [-0.2, -0.15) is 0 Å². The van der Waals surface area contributed by atoms with Crippen LogP contribution in [0.4, 0.5) is 0 Å². The summed E-state index contributed by atoms with van der Waals surface area (Å²) in [7, 11) is 2.51. The Balaban J connectivity index is 3.07. The lowest BCUT2D eigenvalue weighted by molar-refractivity contribution is -0.326. The van der Waals surface area contributed by atoms with Crippen LogP contribution in [0.5, 0.6) is 0 Å². The molecule has 0 saturated carbocycles. The molecule has 0 spiro atoms. The van der Waals surface area contributed by atoms with Crippen molar-refractivity contribution in [2.75, 3.05) is 14.2 Å². The lowest BCUT2D eigenvalue weighted by Crippen LogP contribution is -2.60. The van der Waals surface area contributed by atoms with Gasteiger partial charge < -0.3 is 24.8 Å². The van der Waals surface area contributed by atoms with Crippen LogP contribution >= 0.6 is 0 Å². The maximum absolute atomic E-state index is 9.83. The van der Waals surface area contributed by atoms with Crippen molar-refractivity contribution in [3.63, 3.8) is 0 Å². The van der Waals surface area contributed by atoms with E-state index < -0.39 is 17.7 Å². The van der Waals surface area contributed by atoms with Crippen LogP contribution in [0.25, 0.3) is 0 Å². The van der Waals surface area contributed by atoms with E-state index in [-0.39, 0.29) is 6.42 Å². The van der Waals surface area contributed by atoms with E-state index in [1.165, 1.54) is 20.3 Å². The number of aliphatic hydroxyl groups is 3. The van der Waals surface area contributed by atoms with Crippen molar-refractivity contribution in [2.24, 2.45) is 0 Å². The van der Waals surface area contributed by atoms with E-state index in [2.05, 4.69) is 0 Å². The molecule has 1 aliphatic carbocycles. The summed E-state index contributed by atoms with van der Waals surface area (Å²) in [5.41, 5.74) is 0.684. The highest BCUT2D eigenvalue weighted by atomic mass is 16.7. The zero-order valence-corrected chi connectivity index (χ0v) is 8.52. The molecule has 3 N–H and O–H groups in total. The lowest BCUT2D eigenvalue weighted by atomic mass is 9.87. The molecule has 1 aliphatic rings. The molecule has 0 aromatic heterocycles. The number of ether oxygens (including phenoxy) is 2. The van der Waals surface area contributed by atoms with Crippen LogP contribution in [0, 0.1) is 0 Å². The summed E-state index contributed by atoms with van der Waals surface area (Å²) in [5.74, 6) is -3.70. The monoisotopic (exact) mass is 204 g/mol. The fraction of sp³-hybridized carbons (Fsp3) is 0.778. The molecule has 0 bridgehead atoms. The minimum Gasteiger partial charge on any atom is -0.382 e. The maximum atomic E-state index is 9.83. The SMILES string of the molecule is COC1(O)C=C(C)CC(O)(OC)C1O. The van der Waals surface area contributed by atoms with Gasteiger partial charge in [0.25, 0.3) is 0 Å². The van der Waals surface area contributed by atoms with Crippen LogP contribution in [-0.2, 0) is 9.47 Å². The summed E-state index contributed by atoms with van der Waals surface area (Å²) >= 11 is 0. The third kappa shape index (κ3) is 1.69. The molecule has 0 amide bonds. The van der Waals surface area contributed by atoms with Crippen molar-refractivity contribution in [3.05, 3.63) is 11.6 Å². The zero-order valence-electron chi connectivity index (χ0n) is 8.52. The number of hydrogen-bond acceptors (Lipinski definition) is 5. The van der Waals surface area contributed by atoms with Gasteiger partial charge in [0, 0.05) is 20.6 Å². The van der Waals surface area contributed by atoms with Gasteiger partial charge in [-0.15, -0.1) is 0 Å². The summed E-state index contributed by atoms with van der Waals surface area (Å²) in [6.45, 7) is 1.71. The summed E-state index contributed by atoms with van der Waals surface area (Å²) in [4.78, 5) is 0. The van der Waals surface area contributed by atoms with Crippen LogP contribution in [0.3, 0.4) is 0 Å². The third-order valence-corrected chi connectivity index (χ3v) is 2.48. The summed E-state index contributed by atoms with van der Waals surface area (Å²) < 4.78 is 9.53. The highest BCUT2D eigenvalue weighted by molar-refractivity contribution is 5.18. The van der Waals surface area contributed by atoms with Gasteiger partial charge >= 0.3 is 0 Å². The van der Waals surface area contributed by atoms with E-state index in [1.807, 2.05) is 0 Å². The van der Waals surface area contributed by atoms with Gasteiger partial charge in [-0.05, 0) is 13.0 Å². The van der Waals surface area contributed by atoms with E-state index >= 15 is 0 Å². The molecule has 1 rings (SSSR count). The number of rotatable bonds is 2. The van der Waals surface area contributed by atoms with E-state index in [9.17, 15) is 15.3 Å². The Morgan fingerprint density at radius 2 is 1.93 bits per heavy atom. The molecule has 82 valence electrons. The Morgan fingerprint density at radius 3 is 2.36 bits per heavy atom. The Bertz CT molecular complexity index is 252. The molecule has 0 aromatic carbocycles. The van der Waals surface area contributed by atoms with Crippen LogP contribution in [-0.4, -0.2) is 47.2 Å². The molecule has 0 aromatic rings. The van der Waals surface area contributed by atoms with Gasteiger partial charge in [-0.1, -0.05) is 5.57 Å². The highest BCUT2D eigenvalue weighted by Gasteiger charge is 2.52. The first-order valence-corrected chi connectivity index (χ1v) is 4.29. The van der Waals surface area contributed by atoms with Crippen molar-refractivity contribution in [3.8, 4) is 0 Å². The average molecular weight is 204 g/mol. The largest absolute Gasteiger partial charge is 0.382 e. The third-order valence-electron chi connectivity index (χ3n) is 2.48. The maximum Gasteiger partial charge on any atom is 0.217 e. The first-order valence-electron chi connectivity index (χ1n) is 4.29. The van der Waals surface area contributed by atoms with E-state index in [1.54, 1.807) is 6.92 Å². The molecule has 5 heteroatoms.